The van der Waals surface area contributed by atoms with Crippen molar-refractivity contribution in [2.75, 3.05) is 6.61 Å². The van der Waals surface area contributed by atoms with Crippen LogP contribution in [0.25, 0.3) is 0 Å². The van der Waals surface area contributed by atoms with Crippen molar-refractivity contribution in [3.8, 4) is 0 Å². The smallest absolute Gasteiger partial charge is 0.333 e. The van der Waals surface area contributed by atoms with E-state index in [4.69, 9.17) is 4.74 Å². The number of carbonyl (C=O) groups excluding carboxylic acids is 2. The Morgan fingerprint density at radius 3 is 2.37 bits per heavy atom. The number of esters is 2. The van der Waals surface area contributed by atoms with Gasteiger partial charge in [0.25, 0.3) is 0 Å². The van der Waals surface area contributed by atoms with E-state index in [0.29, 0.717) is 6.61 Å². The average molecular weight is 268 g/mol. The van der Waals surface area contributed by atoms with Crippen LogP contribution >= 0.6 is 0 Å². The molecule has 0 aromatic carbocycles. The van der Waals surface area contributed by atoms with Crippen LogP contribution in [0.1, 0.15) is 51.9 Å². The van der Waals surface area contributed by atoms with E-state index >= 15 is 0 Å². The Morgan fingerprint density at radius 2 is 1.74 bits per heavy atom. The third-order valence-corrected chi connectivity index (χ3v) is 2.59. The first-order chi connectivity index (χ1) is 9.11. The number of hydrogen-bond acceptors (Lipinski definition) is 4. The summed E-state index contributed by atoms with van der Waals surface area (Å²) in [6.07, 6.45) is 7.62. The summed E-state index contributed by atoms with van der Waals surface area (Å²) in [6.45, 7) is 9.31. The van der Waals surface area contributed by atoms with Crippen molar-refractivity contribution in [1.82, 2.24) is 0 Å². The van der Waals surface area contributed by atoms with Gasteiger partial charge in [0.05, 0.1) is 19.3 Å². The third kappa shape index (κ3) is 10.1. The zero-order valence-electron chi connectivity index (χ0n) is 11.8. The largest absolute Gasteiger partial charge is 0.462 e. The molecule has 0 fully saturated rings. The summed E-state index contributed by atoms with van der Waals surface area (Å²) in [5.41, 5.74) is 0.109. The molecule has 4 nitrogen and oxygen atoms in total. The first kappa shape index (κ1) is 17.4. The van der Waals surface area contributed by atoms with E-state index in [9.17, 15) is 9.59 Å². The Hall–Kier alpha value is -1.58. The van der Waals surface area contributed by atoms with E-state index in [-0.39, 0.29) is 12.0 Å². The minimum atomic E-state index is -0.559. The van der Waals surface area contributed by atoms with Crippen LogP contribution in [0.5, 0.6) is 0 Å². The lowest BCUT2D eigenvalue weighted by Gasteiger charge is -2.06. The van der Waals surface area contributed by atoms with Gasteiger partial charge in [-0.05, 0) is 6.42 Å². The van der Waals surface area contributed by atoms with Crippen molar-refractivity contribution in [3.05, 3.63) is 25.0 Å². The first-order valence-corrected chi connectivity index (χ1v) is 6.77. The molecule has 4 heteroatoms. The van der Waals surface area contributed by atoms with E-state index in [1.807, 2.05) is 0 Å². The molecule has 0 amide bonds. The Kier molecular flexibility index (Phi) is 10.6. The molecule has 0 radical (unpaired) electrons. The normalized spacial score (nSPS) is 9.74. The summed E-state index contributed by atoms with van der Waals surface area (Å²) in [5.74, 6) is -1.09. The second-order valence-corrected chi connectivity index (χ2v) is 4.34. The van der Waals surface area contributed by atoms with Crippen molar-refractivity contribution in [2.45, 2.75) is 51.9 Å². The highest BCUT2D eigenvalue weighted by atomic mass is 16.5. The fourth-order valence-corrected chi connectivity index (χ4v) is 1.53. The molecule has 0 aliphatic carbocycles. The number of unbranched alkanes of at least 4 members (excludes halogenated alkanes) is 5. The van der Waals surface area contributed by atoms with Crippen LogP contribution in [-0.4, -0.2) is 18.5 Å². The van der Waals surface area contributed by atoms with Gasteiger partial charge in [0.2, 0.25) is 0 Å². The van der Waals surface area contributed by atoms with Gasteiger partial charge in [-0.2, -0.15) is 0 Å². The van der Waals surface area contributed by atoms with Gasteiger partial charge in [0.15, 0.2) is 0 Å². The fourth-order valence-electron chi connectivity index (χ4n) is 1.53. The summed E-state index contributed by atoms with van der Waals surface area (Å²) >= 11 is 0. The van der Waals surface area contributed by atoms with Crippen LogP contribution in [-0.2, 0) is 19.1 Å². The molecular formula is C15H24O4. The van der Waals surface area contributed by atoms with Crippen LogP contribution in [0.2, 0.25) is 0 Å². The van der Waals surface area contributed by atoms with Crippen LogP contribution in [0.3, 0.4) is 0 Å². The molecular weight excluding hydrogens is 244 g/mol. The maximum Gasteiger partial charge on any atom is 0.333 e. The third-order valence-electron chi connectivity index (χ3n) is 2.59. The van der Waals surface area contributed by atoms with Crippen molar-refractivity contribution in [3.63, 3.8) is 0 Å². The van der Waals surface area contributed by atoms with Crippen LogP contribution in [0, 0.1) is 0 Å². The standard InChI is InChI=1S/C15H24O4/c1-4-6-7-8-9-10-11-19-15(17)13(3)12-14(16)18-5-2/h5H,2-4,6-12H2,1H3. The topological polar surface area (TPSA) is 52.6 Å². The van der Waals surface area contributed by atoms with Crippen LogP contribution in [0.4, 0.5) is 0 Å². The van der Waals surface area contributed by atoms with Gasteiger partial charge >= 0.3 is 11.9 Å². The highest BCUT2D eigenvalue weighted by Crippen LogP contribution is 2.07. The lowest BCUT2D eigenvalue weighted by molar-refractivity contribution is -0.143. The zero-order valence-corrected chi connectivity index (χ0v) is 11.8. The second kappa shape index (κ2) is 11.5. The molecule has 0 aromatic rings. The van der Waals surface area contributed by atoms with Crippen molar-refractivity contribution >= 4 is 11.9 Å². The maximum absolute atomic E-state index is 11.5. The molecule has 0 saturated carbocycles. The summed E-state index contributed by atoms with van der Waals surface area (Å²) in [7, 11) is 0. The highest BCUT2D eigenvalue weighted by Gasteiger charge is 2.13. The van der Waals surface area contributed by atoms with Gasteiger partial charge in [-0.25, -0.2) is 4.79 Å². The minimum absolute atomic E-state index is 0.109. The Bertz CT molecular complexity index is 307. The second-order valence-electron chi connectivity index (χ2n) is 4.34. The molecule has 0 rings (SSSR count). The predicted molar refractivity (Wildman–Crippen MR) is 74.4 cm³/mol. The van der Waals surface area contributed by atoms with Crippen LogP contribution < -0.4 is 0 Å². The monoisotopic (exact) mass is 268 g/mol. The summed E-state index contributed by atoms with van der Waals surface area (Å²) in [4.78, 5) is 22.5. The molecule has 0 saturated heterocycles. The Morgan fingerprint density at radius 1 is 1.11 bits per heavy atom. The molecule has 0 N–H and O–H groups in total. The molecule has 0 atom stereocenters. The lowest BCUT2D eigenvalue weighted by Crippen LogP contribution is -2.12. The first-order valence-electron chi connectivity index (χ1n) is 6.77. The molecule has 0 spiro atoms. The molecule has 19 heavy (non-hydrogen) atoms. The van der Waals surface area contributed by atoms with E-state index < -0.39 is 11.9 Å². The molecule has 0 bridgehead atoms. The number of ether oxygens (including phenoxy) is 2. The van der Waals surface area contributed by atoms with Gasteiger partial charge < -0.3 is 9.47 Å². The summed E-state index contributed by atoms with van der Waals surface area (Å²) in [5, 5.41) is 0. The molecule has 0 aromatic heterocycles. The van der Waals surface area contributed by atoms with E-state index in [1.54, 1.807) is 0 Å². The van der Waals surface area contributed by atoms with Gasteiger partial charge in [-0.1, -0.05) is 52.2 Å². The number of carbonyl (C=O) groups is 2. The molecule has 0 aliphatic heterocycles. The molecule has 0 heterocycles. The van der Waals surface area contributed by atoms with Crippen molar-refractivity contribution < 1.29 is 19.1 Å². The quantitative estimate of drug-likeness (QED) is 0.249. The lowest BCUT2D eigenvalue weighted by atomic mass is 10.1. The van der Waals surface area contributed by atoms with Crippen molar-refractivity contribution in [2.24, 2.45) is 0 Å². The Labute approximate surface area is 115 Å². The van der Waals surface area contributed by atoms with E-state index in [1.165, 1.54) is 19.3 Å². The summed E-state index contributed by atoms with van der Waals surface area (Å²) in [6, 6.07) is 0. The molecule has 108 valence electrons. The van der Waals surface area contributed by atoms with Gasteiger partial charge in [0, 0.05) is 5.57 Å². The highest BCUT2D eigenvalue weighted by molar-refractivity contribution is 5.93. The van der Waals surface area contributed by atoms with Gasteiger partial charge in [-0.3, -0.25) is 4.79 Å². The van der Waals surface area contributed by atoms with E-state index in [2.05, 4.69) is 24.8 Å². The molecule has 0 unspecified atom stereocenters. The van der Waals surface area contributed by atoms with Gasteiger partial charge in [-0.15, -0.1) is 0 Å². The molecule has 0 aliphatic rings. The number of hydrogen-bond donors (Lipinski definition) is 0. The Balaban J connectivity index is 3.60. The fraction of sp³-hybridized carbons (Fsp3) is 0.600. The SMILES string of the molecule is C=COC(=O)CC(=C)C(=O)OCCCCCCCC. The van der Waals surface area contributed by atoms with Crippen LogP contribution in [0.15, 0.2) is 25.0 Å². The zero-order chi connectivity index (χ0) is 14.5. The van der Waals surface area contributed by atoms with Gasteiger partial charge in [0.1, 0.15) is 0 Å². The average Bonchev–Trinajstić information content (AvgIpc) is 2.37. The summed E-state index contributed by atoms with van der Waals surface area (Å²) < 4.78 is 9.52. The minimum Gasteiger partial charge on any atom is -0.462 e. The van der Waals surface area contributed by atoms with E-state index in [0.717, 1.165) is 25.5 Å². The maximum atomic E-state index is 11.5. The number of rotatable bonds is 11. The van der Waals surface area contributed by atoms with Crippen molar-refractivity contribution in [1.29, 1.82) is 0 Å². The predicted octanol–water partition coefficient (Wildman–Crippen LogP) is 3.52.